The van der Waals surface area contributed by atoms with Crippen LogP contribution in [0.2, 0.25) is 0 Å². The van der Waals surface area contributed by atoms with Gasteiger partial charge in [0.2, 0.25) is 0 Å². The molecule has 7 rings (SSSR count). The minimum absolute atomic E-state index is 0.269. The summed E-state index contributed by atoms with van der Waals surface area (Å²) in [6.45, 7) is 2.12. The highest BCUT2D eigenvalue weighted by atomic mass is 19.1. The summed E-state index contributed by atoms with van der Waals surface area (Å²) >= 11 is 0. The summed E-state index contributed by atoms with van der Waals surface area (Å²) < 4.78 is 32.6. The topological polar surface area (TPSA) is 94.6 Å². The number of pyridine rings is 1. The number of aromatic amines is 1. The first-order valence-corrected chi connectivity index (χ1v) is 12.9. The average Bonchev–Trinajstić information content (AvgIpc) is 3.63. The van der Waals surface area contributed by atoms with E-state index >= 15 is 0 Å². The lowest BCUT2D eigenvalue weighted by atomic mass is 9.89. The van der Waals surface area contributed by atoms with Gasteiger partial charge in [0.05, 0.1) is 18.5 Å². The molecule has 0 saturated heterocycles. The lowest BCUT2D eigenvalue weighted by molar-refractivity contribution is 0.305. The number of benzene rings is 2. The van der Waals surface area contributed by atoms with Gasteiger partial charge in [0.15, 0.2) is 5.82 Å². The fourth-order valence-corrected chi connectivity index (χ4v) is 5.43. The fourth-order valence-electron chi connectivity index (χ4n) is 5.43. The molecule has 1 aliphatic carbocycles. The first-order valence-electron chi connectivity index (χ1n) is 12.9. The summed E-state index contributed by atoms with van der Waals surface area (Å²) in [4.78, 5) is 19.3. The number of H-pyrrole nitrogens is 1. The molecule has 3 aromatic heterocycles. The van der Waals surface area contributed by atoms with Crippen molar-refractivity contribution in [2.45, 2.75) is 38.7 Å². The van der Waals surface area contributed by atoms with Crippen LogP contribution in [-0.4, -0.2) is 26.6 Å². The third-order valence-electron chi connectivity index (χ3n) is 7.50. The second-order valence-corrected chi connectivity index (χ2v) is 10.1. The van der Waals surface area contributed by atoms with E-state index in [1.165, 1.54) is 17.8 Å². The molecule has 0 bridgehead atoms. The van der Waals surface area contributed by atoms with Crippen LogP contribution in [0, 0.1) is 5.82 Å². The van der Waals surface area contributed by atoms with E-state index < -0.39 is 5.76 Å². The zero-order chi connectivity index (χ0) is 26.7. The minimum atomic E-state index is -0.637. The molecule has 2 aromatic carbocycles. The molecule has 9 heteroatoms. The largest absolute Gasteiger partial charge is 0.497 e. The van der Waals surface area contributed by atoms with Crippen LogP contribution < -0.4 is 15.2 Å². The van der Waals surface area contributed by atoms with Crippen LogP contribution in [-0.2, 0) is 13.0 Å². The van der Waals surface area contributed by atoms with Gasteiger partial charge < -0.3 is 13.9 Å². The molecule has 2 aliphatic rings. The van der Waals surface area contributed by atoms with Crippen molar-refractivity contribution in [2.75, 3.05) is 7.11 Å². The number of allylic oxidation sites excluding steroid dienone is 1. The summed E-state index contributed by atoms with van der Waals surface area (Å²) in [5.41, 5.74) is 8.39. The van der Waals surface area contributed by atoms with Crippen LogP contribution in [0.15, 0.2) is 64.0 Å². The Labute approximate surface area is 222 Å². The Morgan fingerprint density at radius 2 is 2.00 bits per heavy atom. The molecule has 0 spiro atoms. The summed E-state index contributed by atoms with van der Waals surface area (Å²) in [5.74, 6) is 0.993. The zero-order valence-corrected chi connectivity index (χ0v) is 21.5. The normalized spacial score (nSPS) is 15.9. The fraction of sp³-hybridized carbons (Fsp3) is 0.233. The van der Waals surface area contributed by atoms with Gasteiger partial charge in [-0.1, -0.05) is 23.4 Å². The first kappa shape index (κ1) is 23.5. The number of hydrogen-bond acceptors (Lipinski definition) is 6. The number of fused-ring (bicyclic) bond motifs is 3. The van der Waals surface area contributed by atoms with Crippen molar-refractivity contribution in [3.63, 3.8) is 0 Å². The van der Waals surface area contributed by atoms with E-state index in [1.807, 2.05) is 25.3 Å². The number of methoxy groups -OCH3 is 1. The van der Waals surface area contributed by atoms with E-state index in [9.17, 15) is 9.18 Å². The Balaban J connectivity index is 1.34. The number of imidazole rings is 1. The lowest BCUT2D eigenvalue weighted by Gasteiger charge is -2.14. The SMILES string of the molecule is COc1ccn2c(Cc3ccc4c(c3)COc3cc(F)ccc3/C4=C(\C)c3noc(=O)[nH]3)c(C3CC3)nc2c1. The second-order valence-electron chi connectivity index (χ2n) is 10.1. The quantitative estimate of drug-likeness (QED) is 0.326. The van der Waals surface area contributed by atoms with Gasteiger partial charge in [-0.3, -0.25) is 9.51 Å². The maximum atomic E-state index is 14.2. The van der Waals surface area contributed by atoms with E-state index in [-0.39, 0.29) is 12.4 Å². The Morgan fingerprint density at radius 3 is 2.77 bits per heavy atom. The number of hydrogen-bond donors (Lipinski definition) is 1. The van der Waals surface area contributed by atoms with Crippen molar-refractivity contribution in [1.29, 1.82) is 0 Å². The molecule has 0 amide bonds. The zero-order valence-electron chi connectivity index (χ0n) is 21.5. The van der Waals surface area contributed by atoms with Crippen molar-refractivity contribution in [3.05, 3.63) is 111 Å². The number of nitrogens with one attached hydrogen (secondary N) is 1. The van der Waals surface area contributed by atoms with Crippen molar-refractivity contribution < 1.29 is 18.4 Å². The Kier molecular flexibility index (Phi) is 5.40. The Bertz CT molecular complexity index is 1840. The van der Waals surface area contributed by atoms with Gasteiger partial charge in [0, 0.05) is 41.8 Å². The van der Waals surface area contributed by atoms with Gasteiger partial charge in [-0.25, -0.2) is 14.2 Å². The molecule has 0 atom stereocenters. The third kappa shape index (κ3) is 4.10. The van der Waals surface area contributed by atoms with Gasteiger partial charge in [0.1, 0.15) is 29.6 Å². The van der Waals surface area contributed by atoms with Gasteiger partial charge in [-0.15, -0.1) is 0 Å². The number of rotatable bonds is 5. The van der Waals surface area contributed by atoms with E-state index in [2.05, 4.69) is 32.7 Å². The van der Waals surface area contributed by atoms with Crippen LogP contribution in [0.3, 0.4) is 0 Å². The summed E-state index contributed by atoms with van der Waals surface area (Å²) in [5, 5.41) is 3.89. The maximum absolute atomic E-state index is 14.2. The van der Waals surface area contributed by atoms with Crippen LogP contribution in [0.4, 0.5) is 4.39 Å². The van der Waals surface area contributed by atoms with Crippen molar-refractivity contribution in [2.24, 2.45) is 0 Å². The van der Waals surface area contributed by atoms with Gasteiger partial charge >= 0.3 is 5.76 Å². The first-order chi connectivity index (χ1) is 19.0. The van der Waals surface area contributed by atoms with E-state index in [4.69, 9.17) is 19.0 Å². The molecule has 1 fully saturated rings. The highest BCUT2D eigenvalue weighted by Gasteiger charge is 2.30. The van der Waals surface area contributed by atoms with Gasteiger partial charge in [0.25, 0.3) is 0 Å². The van der Waals surface area contributed by atoms with Crippen LogP contribution in [0.25, 0.3) is 16.8 Å². The van der Waals surface area contributed by atoms with Crippen LogP contribution >= 0.6 is 0 Å². The smallest absolute Gasteiger partial charge is 0.439 e. The molecule has 0 unspecified atom stereocenters. The number of nitrogens with zero attached hydrogens (tertiary/aromatic N) is 3. The molecule has 5 aromatic rings. The predicted octanol–water partition coefficient (Wildman–Crippen LogP) is 5.50. The predicted molar refractivity (Wildman–Crippen MR) is 142 cm³/mol. The monoisotopic (exact) mass is 524 g/mol. The molecule has 196 valence electrons. The lowest BCUT2D eigenvalue weighted by Crippen LogP contribution is -2.02. The highest BCUT2D eigenvalue weighted by molar-refractivity contribution is 5.99. The summed E-state index contributed by atoms with van der Waals surface area (Å²) in [7, 11) is 1.66. The molecule has 1 saturated carbocycles. The van der Waals surface area contributed by atoms with E-state index in [0.29, 0.717) is 29.5 Å². The Hall–Kier alpha value is -4.66. The standard InChI is InChI=1S/C30H25FN4O4/c1-16(29-33-30(36)39-34-29)27-22-7-3-17(11-19(22)15-38-25-13-20(31)6-8-23(25)27)12-24-28(18-4-5-18)32-26-14-21(37-2)9-10-35(24)26/h3,6-11,13-14,18H,4-5,12,15H2,1-2H3,(H,33,34,36)/b27-16+. The van der Waals surface area contributed by atoms with Crippen LogP contribution in [0.1, 0.15) is 65.1 Å². The van der Waals surface area contributed by atoms with Gasteiger partial charge in [-0.05, 0) is 60.2 Å². The van der Waals surface area contributed by atoms with E-state index in [0.717, 1.165) is 57.8 Å². The minimum Gasteiger partial charge on any atom is -0.497 e. The van der Waals surface area contributed by atoms with Crippen molar-refractivity contribution in [3.8, 4) is 11.5 Å². The molecular formula is C30H25FN4O4. The number of ether oxygens (including phenoxy) is 2. The molecule has 4 heterocycles. The van der Waals surface area contributed by atoms with Crippen LogP contribution in [0.5, 0.6) is 11.5 Å². The Morgan fingerprint density at radius 1 is 1.15 bits per heavy atom. The average molecular weight is 525 g/mol. The molecule has 1 N–H and O–H groups in total. The molecule has 39 heavy (non-hydrogen) atoms. The third-order valence-corrected chi connectivity index (χ3v) is 7.50. The molecule has 8 nitrogen and oxygen atoms in total. The maximum Gasteiger partial charge on any atom is 0.439 e. The summed E-state index contributed by atoms with van der Waals surface area (Å²) in [6, 6.07) is 14.7. The number of halogens is 1. The second kappa shape index (κ2) is 8.97. The molecular weight excluding hydrogens is 499 g/mol. The highest BCUT2D eigenvalue weighted by Crippen LogP contribution is 2.43. The van der Waals surface area contributed by atoms with Gasteiger partial charge in [-0.2, -0.15) is 0 Å². The molecule has 0 radical (unpaired) electrons. The van der Waals surface area contributed by atoms with Crippen molar-refractivity contribution in [1.82, 2.24) is 19.5 Å². The number of aromatic nitrogens is 4. The molecule has 1 aliphatic heterocycles. The van der Waals surface area contributed by atoms with Crippen molar-refractivity contribution >= 4 is 16.8 Å². The van der Waals surface area contributed by atoms with E-state index in [1.54, 1.807) is 13.2 Å². The summed E-state index contributed by atoms with van der Waals surface area (Å²) in [6.07, 6.45) is 5.02.